The maximum Gasteiger partial charge on any atom is 0.145 e. The molecule has 46 heavy (non-hydrogen) atoms. The minimum Gasteiger partial charge on any atom is -0.299 e. The average molecular weight is 787 g/mol. The molecule has 0 N–H and O–H groups in total. The van der Waals surface area contributed by atoms with Crippen LogP contribution < -0.4 is 0 Å². The number of hydrogen-bond donors (Lipinski definition) is 0. The Morgan fingerprint density at radius 1 is 0.478 bits per heavy atom. The van der Waals surface area contributed by atoms with Crippen LogP contribution in [0.2, 0.25) is 0 Å². The second kappa shape index (κ2) is 16.3. The normalized spacial score (nSPS) is 10.9. The molecule has 0 aliphatic rings. The number of nitrogens with zero attached hydrogens (tertiary/aromatic N) is 2. The molecule has 0 fully saturated rings. The van der Waals surface area contributed by atoms with Crippen LogP contribution in [0.4, 0.5) is 0 Å². The fourth-order valence-electron chi connectivity index (χ4n) is 4.57. The molecule has 5 heteroatoms. The monoisotopic (exact) mass is 787 g/mol. The van der Waals surface area contributed by atoms with Crippen molar-refractivity contribution in [3.8, 4) is 22.5 Å². The van der Waals surface area contributed by atoms with Gasteiger partial charge in [-0.3, -0.25) is 19.6 Å². The van der Waals surface area contributed by atoms with Crippen LogP contribution in [0.15, 0.2) is 134 Å². The summed E-state index contributed by atoms with van der Waals surface area (Å²) in [4.78, 5) is 32.0. The van der Waals surface area contributed by atoms with Crippen LogP contribution >= 0.6 is 0 Å². The van der Waals surface area contributed by atoms with Crippen LogP contribution in [0, 0.1) is 10.8 Å². The van der Waals surface area contributed by atoms with Gasteiger partial charge in [0.25, 0.3) is 0 Å². The number of aromatic nitrogens is 2. The van der Waals surface area contributed by atoms with E-state index in [-0.39, 0.29) is 38.1 Å². The van der Waals surface area contributed by atoms with Crippen LogP contribution in [0.25, 0.3) is 44.1 Å². The fraction of sp³-hybridized carbons (Fsp3) is 0.220. The molecule has 0 amide bonds. The zero-order valence-corrected chi connectivity index (χ0v) is 29.8. The molecule has 0 spiro atoms. The number of benzene rings is 4. The van der Waals surface area contributed by atoms with Crippen molar-refractivity contribution < 1.29 is 29.7 Å². The molecule has 237 valence electrons. The Bertz CT molecular complexity index is 1720. The van der Waals surface area contributed by atoms with Crippen LogP contribution in [-0.2, 0) is 29.7 Å². The van der Waals surface area contributed by atoms with Crippen molar-refractivity contribution in [2.75, 3.05) is 0 Å². The summed E-state index contributed by atoms with van der Waals surface area (Å²) in [6.45, 7) is 11.0. The van der Waals surface area contributed by atoms with E-state index in [2.05, 4.69) is 82.8 Å². The molecule has 0 bridgehead atoms. The third-order valence-corrected chi connectivity index (χ3v) is 7.44. The van der Waals surface area contributed by atoms with Gasteiger partial charge in [0.1, 0.15) is 11.6 Å². The number of fused-ring (bicyclic) bond motifs is 2. The van der Waals surface area contributed by atoms with Crippen molar-refractivity contribution in [1.82, 2.24) is 9.97 Å². The molecule has 1 radical (unpaired) electrons. The van der Waals surface area contributed by atoms with Gasteiger partial charge in [0.05, 0.1) is 17.8 Å². The predicted molar refractivity (Wildman–Crippen MR) is 188 cm³/mol. The Hall–Kier alpha value is -4.31. The first kappa shape index (κ1) is 36.2. The minimum absolute atomic E-state index is 0. The van der Waals surface area contributed by atoms with E-state index in [1.807, 2.05) is 102 Å². The molecule has 0 aliphatic carbocycles. The minimum atomic E-state index is -0.402. The molecule has 0 saturated carbocycles. The largest absolute Gasteiger partial charge is 0.299 e. The van der Waals surface area contributed by atoms with Crippen molar-refractivity contribution in [2.24, 2.45) is 10.8 Å². The van der Waals surface area contributed by atoms with Gasteiger partial charge < -0.3 is 0 Å². The summed E-state index contributed by atoms with van der Waals surface area (Å²) in [6, 6.07) is 41.3. The zero-order valence-electron chi connectivity index (χ0n) is 27.5. The first-order valence-corrected chi connectivity index (χ1v) is 15.3. The zero-order chi connectivity index (χ0) is 32.5. The molecule has 0 aliphatic heterocycles. The summed E-state index contributed by atoms with van der Waals surface area (Å²) in [5.41, 5.74) is 3.64. The van der Waals surface area contributed by atoms with Gasteiger partial charge in [-0.15, -0.1) is 0 Å². The molecule has 4 aromatic carbocycles. The van der Waals surface area contributed by atoms with Crippen molar-refractivity contribution in [3.05, 3.63) is 134 Å². The third kappa shape index (κ3) is 9.84. The number of ketones is 2. The maximum atomic E-state index is 11.5. The quantitative estimate of drug-likeness (QED) is 0.167. The number of hydrogen-bond acceptors (Lipinski definition) is 4. The molecule has 0 saturated heterocycles. The van der Waals surface area contributed by atoms with Gasteiger partial charge >= 0.3 is 0 Å². The van der Waals surface area contributed by atoms with E-state index >= 15 is 0 Å². The van der Waals surface area contributed by atoms with Crippen molar-refractivity contribution in [2.45, 2.75) is 48.0 Å². The summed E-state index contributed by atoms with van der Waals surface area (Å²) in [5.74, 6) is 0.0415. The van der Waals surface area contributed by atoms with Gasteiger partial charge in [0, 0.05) is 65.2 Å². The Morgan fingerprint density at radius 2 is 0.804 bits per heavy atom. The summed E-state index contributed by atoms with van der Waals surface area (Å²) < 4.78 is 0. The van der Waals surface area contributed by atoms with Crippen LogP contribution in [0.3, 0.4) is 0 Å². The third-order valence-electron chi connectivity index (χ3n) is 7.44. The standard InChI is InChI=1S/2C15H11N.C11H20O2.Ir/c2*1-2-7-13(8-3-1)15-14-9-5-4-6-12(14)10-11-16-15;1-10(2,3)8(12)7-9(13)11(4,5)6;/h2*1-11H;7H2,1-6H3;. The molecule has 0 unspecified atom stereocenters. The molecule has 2 aromatic heterocycles. The van der Waals surface area contributed by atoms with E-state index in [0.29, 0.717) is 0 Å². The van der Waals surface area contributed by atoms with Crippen LogP contribution in [0.1, 0.15) is 48.0 Å². The Balaban J connectivity index is 0.000000188. The first-order valence-electron chi connectivity index (χ1n) is 15.3. The first-order chi connectivity index (χ1) is 21.4. The van der Waals surface area contributed by atoms with Crippen molar-refractivity contribution in [3.63, 3.8) is 0 Å². The van der Waals surface area contributed by atoms with Crippen LogP contribution in [0.5, 0.6) is 0 Å². The number of rotatable bonds is 4. The topological polar surface area (TPSA) is 59.9 Å². The maximum absolute atomic E-state index is 11.5. The molecular formula is C41H42IrN2O2. The van der Waals surface area contributed by atoms with Crippen molar-refractivity contribution in [1.29, 1.82) is 0 Å². The van der Waals surface area contributed by atoms with Crippen molar-refractivity contribution >= 4 is 33.1 Å². The van der Waals surface area contributed by atoms with E-state index in [1.54, 1.807) is 0 Å². The second-order valence-electron chi connectivity index (χ2n) is 13.0. The Labute approximate surface area is 286 Å². The molecule has 4 nitrogen and oxygen atoms in total. The van der Waals surface area contributed by atoms with E-state index in [0.717, 1.165) is 11.4 Å². The Morgan fingerprint density at radius 3 is 1.15 bits per heavy atom. The van der Waals surface area contributed by atoms with E-state index < -0.39 is 10.8 Å². The number of Topliss-reactive ketones (excluding diaryl/α,β-unsaturated/α-hetero) is 2. The van der Waals surface area contributed by atoms with E-state index in [4.69, 9.17) is 0 Å². The summed E-state index contributed by atoms with van der Waals surface area (Å²) in [5, 5.41) is 4.88. The smallest absolute Gasteiger partial charge is 0.145 e. The molecule has 6 aromatic rings. The van der Waals surface area contributed by atoms with Gasteiger partial charge in [0.15, 0.2) is 0 Å². The number of pyridine rings is 2. The van der Waals surface area contributed by atoms with Gasteiger partial charge in [-0.25, -0.2) is 0 Å². The number of carbonyl (C=O) groups is 2. The van der Waals surface area contributed by atoms with Gasteiger partial charge in [0.2, 0.25) is 0 Å². The molecular weight excluding hydrogens is 745 g/mol. The second-order valence-corrected chi connectivity index (χ2v) is 13.0. The molecule has 6 rings (SSSR count). The summed E-state index contributed by atoms with van der Waals surface area (Å²) in [6.07, 6.45) is 3.79. The molecule has 2 heterocycles. The van der Waals surface area contributed by atoms with Crippen LogP contribution in [-0.4, -0.2) is 21.5 Å². The van der Waals surface area contributed by atoms with E-state index in [9.17, 15) is 9.59 Å². The summed E-state index contributed by atoms with van der Waals surface area (Å²) in [7, 11) is 0. The predicted octanol–water partition coefficient (Wildman–Crippen LogP) is 10.4. The fourth-order valence-corrected chi connectivity index (χ4v) is 4.57. The Kier molecular flexibility index (Phi) is 12.8. The SMILES string of the molecule is CC(C)(C)C(=O)CC(=O)C(C)(C)C.[Ir].c1ccc(-c2nccc3ccccc23)cc1.c1ccc(-c2nccc3ccccc23)cc1. The molecule has 0 atom stereocenters. The van der Waals surface area contributed by atoms with Gasteiger partial charge in [-0.05, 0) is 22.9 Å². The summed E-state index contributed by atoms with van der Waals surface area (Å²) >= 11 is 0. The van der Waals surface area contributed by atoms with Gasteiger partial charge in [-0.1, -0.05) is 151 Å². The van der Waals surface area contributed by atoms with E-state index in [1.165, 1.54) is 32.7 Å². The average Bonchev–Trinajstić information content (AvgIpc) is 3.05. The number of carbonyl (C=O) groups excluding carboxylic acids is 2. The van der Waals surface area contributed by atoms with Gasteiger partial charge in [-0.2, -0.15) is 0 Å².